The molecular weight excluding hydrogens is 228 g/mol. The van der Waals surface area contributed by atoms with Crippen molar-refractivity contribution >= 4 is 37.8 Å². The van der Waals surface area contributed by atoms with Crippen LogP contribution >= 0.6 is 0 Å². The average Bonchev–Trinajstić information content (AvgIpc) is 2.13. The van der Waals surface area contributed by atoms with Crippen molar-refractivity contribution in [2.24, 2.45) is 5.73 Å². The van der Waals surface area contributed by atoms with Crippen molar-refractivity contribution in [2.75, 3.05) is 26.7 Å². The second kappa shape index (κ2) is 18.5. The maximum absolute atomic E-state index is 5.33. The van der Waals surface area contributed by atoms with Gasteiger partial charge in [0.05, 0.1) is 0 Å². The first-order valence-corrected chi connectivity index (χ1v) is 16.6. The molecule has 0 aliphatic rings. The summed E-state index contributed by atoms with van der Waals surface area (Å²) in [5.74, 6) is 0. The topological polar surface area (TPSA) is 47.3 Å². The molecule has 0 aliphatic carbocycles. The van der Waals surface area contributed by atoms with Gasteiger partial charge in [0.15, 0.2) is 0 Å². The molecule has 0 saturated carbocycles. The van der Waals surface area contributed by atoms with Crippen LogP contribution in [0.1, 0.15) is 6.42 Å². The first kappa shape index (κ1) is 16.2. The Morgan fingerprint density at radius 3 is 2.54 bits per heavy atom. The van der Waals surface area contributed by atoms with Gasteiger partial charge in [0.1, 0.15) is 10.5 Å². The Morgan fingerprint density at radius 1 is 1.46 bits per heavy atom. The Bertz CT molecular complexity index is 71.7. The minimum Gasteiger partial charge on any atom is -0.431 e. The van der Waals surface area contributed by atoms with E-state index in [2.05, 4.69) is 9.74 Å². The fraction of sp³-hybridized carbons (Fsp3) is 1.00. The van der Waals surface area contributed by atoms with Crippen LogP contribution < -0.4 is 11.1 Å². The van der Waals surface area contributed by atoms with Crippen LogP contribution in [0.5, 0.6) is 0 Å². The maximum Gasteiger partial charge on any atom is 0.145 e. The number of nitrogens with two attached hydrogens (primary N) is 1. The molecule has 0 aromatic rings. The third-order valence-corrected chi connectivity index (χ3v) is 13.2. The zero-order valence-corrected chi connectivity index (χ0v) is 16.3. The molecule has 0 fully saturated rings. The normalized spacial score (nSPS) is 11.5. The molecule has 13 heavy (non-hydrogen) atoms. The molecule has 0 aromatic carbocycles. The number of hydrogen-bond acceptors (Lipinski definition) is 3. The number of hydrogen-bond donors (Lipinski definition) is 2. The smallest absolute Gasteiger partial charge is 0.145 e. The monoisotopic (exact) mass is 254 g/mol. The van der Waals surface area contributed by atoms with Crippen LogP contribution in [0.2, 0.25) is 6.04 Å². The highest BCUT2D eigenvalue weighted by atomic mass is 29.5. The van der Waals surface area contributed by atoms with Crippen molar-refractivity contribution in [3.8, 4) is 0 Å². The van der Waals surface area contributed by atoms with Crippen LogP contribution in [0, 0.1) is 0 Å². The molecule has 0 aliphatic heterocycles. The molecule has 3 nitrogen and oxygen atoms in total. The molecule has 0 heterocycles. The molecule has 0 bridgehead atoms. The summed E-state index contributed by atoms with van der Waals surface area (Å²) in [7, 11) is 5.24. The van der Waals surface area contributed by atoms with Gasteiger partial charge in [0.2, 0.25) is 0 Å². The van der Waals surface area contributed by atoms with E-state index < -0.39 is 0 Å². The summed E-state index contributed by atoms with van der Waals surface area (Å²) in [5, 5.41) is 3.32. The lowest BCUT2D eigenvalue weighted by Crippen LogP contribution is -2.23. The van der Waals surface area contributed by atoms with Crippen LogP contribution in [0.3, 0.4) is 0 Å². The van der Waals surface area contributed by atoms with Gasteiger partial charge < -0.3 is 15.5 Å². The van der Waals surface area contributed by atoms with E-state index in [4.69, 9.17) is 5.73 Å². The summed E-state index contributed by atoms with van der Waals surface area (Å²) in [6.07, 6.45) is 1.42. The van der Waals surface area contributed by atoms with Gasteiger partial charge in [-0.3, -0.25) is 0 Å². The Morgan fingerprint density at radius 2 is 2.08 bits per heavy atom. The Labute approximate surface area is 92.8 Å². The lowest BCUT2D eigenvalue weighted by Gasteiger charge is -2.00. The lowest BCUT2D eigenvalue weighted by atomic mass is 10.5. The first-order valence-electron chi connectivity index (χ1n) is 5.14. The summed E-state index contributed by atoms with van der Waals surface area (Å²) >= 11 is 0. The minimum absolute atomic E-state index is 0.517. The summed E-state index contributed by atoms with van der Waals surface area (Å²) in [6, 6.07) is 1.59. The number of rotatable bonds is 7. The third-order valence-electron chi connectivity index (χ3n) is 1.53. The SMILES string of the molecule is CO[SiH3].NCCNCCC[SiH2][SiH2][SiH3]. The van der Waals surface area contributed by atoms with Crippen molar-refractivity contribution < 1.29 is 4.43 Å². The van der Waals surface area contributed by atoms with Crippen LogP contribution in [0.25, 0.3) is 0 Å². The molecule has 0 rings (SSSR count). The van der Waals surface area contributed by atoms with Gasteiger partial charge in [-0.2, -0.15) is 0 Å². The van der Waals surface area contributed by atoms with E-state index in [9.17, 15) is 0 Å². The van der Waals surface area contributed by atoms with Gasteiger partial charge in [-0.1, -0.05) is 6.04 Å². The molecule has 0 atom stereocenters. The van der Waals surface area contributed by atoms with E-state index >= 15 is 0 Å². The van der Waals surface area contributed by atoms with E-state index in [-0.39, 0.29) is 0 Å². The van der Waals surface area contributed by atoms with Crippen molar-refractivity contribution in [3.63, 3.8) is 0 Å². The van der Waals surface area contributed by atoms with E-state index in [1.807, 2.05) is 0 Å². The second-order valence-electron chi connectivity index (χ2n) is 3.01. The fourth-order valence-electron chi connectivity index (χ4n) is 0.904. The molecule has 3 N–H and O–H groups in total. The standard InChI is InChI=1S/C5H20N2Si3.CH6OSi/c6-2-4-7-3-1-5-9-10-8;1-2-3/h7H,1-6,9-10H2,8H3;1,3H3. The summed E-state index contributed by atoms with van der Waals surface area (Å²) < 4.78 is 4.39. The highest BCUT2D eigenvalue weighted by molar-refractivity contribution is 7.23. The molecule has 0 spiro atoms. The van der Waals surface area contributed by atoms with Crippen molar-refractivity contribution in [2.45, 2.75) is 12.5 Å². The van der Waals surface area contributed by atoms with Gasteiger partial charge in [-0.05, 0) is 31.3 Å². The van der Waals surface area contributed by atoms with Gasteiger partial charge in [0.25, 0.3) is 0 Å². The predicted molar refractivity (Wildman–Crippen MR) is 75.3 cm³/mol. The van der Waals surface area contributed by atoms with Crippen molar-refractivity contribution in [1.29, 1.82) is 0 Å². The zero-order chi connectivity index (χ0) is 10.4. The highest BCUT2D eigenvalue weighted by Gasteiger charge is 1.86. The van der Waals surface area contributed by atoms with Crippen molar-refractivity contribution in [3.05, 3.63) is 0 Å². The quantitative estimate of drug-likeness (QED) is 0.358. The van der Waals surface area contributed by atoms with Crippen LogP contribution in [0.15, 0.2) is 0 Å². The van der Waals surface area contributed by atoms with E-state index in [0.29, 0.717) is 17.6 Å². The predicted octanol–water partition coefficient (Wildman–Crippen LogP) is -4.21. The molecule has 0 saturated heterocycles. The lowest BCUT2D eigenvalue weighted by molar-refractivity contribution is 0.460. The Balaban J connectivity index is 0. The van der Waals surface area contributed by atoms with E-state index in [0.717, 1.165) is 23.6 Å². The van der Waals surface area contributed by atoms with Crippen LogP contribution in [-0.2, 0) is 4.43 Å². The van der Waals surface area contributed by atoms with Crippen LogP contribution in [0.4, 0.5) is 0 Å². The molecule has 7 heteroatoms. The summed E-state index contributed by atoms with van der Waals surface area (Å²) in [5.41, 5.74) is 5.33. The van der Waals surface area contributed by atoms with Crippen molar-refractivity contribution in [1.82, 2.24) is 5.32 Å². The molecule has 0 amide bonds. The fourth-order valence-corrected chi connectivity index (χ4v) is 9.07. The van der Waals surface area contributed by atoms with Crippen LogP contribution in [-0.4, -0.2) is 64.6 Å². The maximum atomic E-state index is 5.33. The molecule has 0 radical (unpaired) electrons. The molecule has 82 valence electrons. The highest BCUT2D eigenvalue weighted by Crippen LogP contribution is 1.83. The minimum atomic E-state index is 0.517. The Hall–Kier alpha value is 0.748. The van der Waals surface area contributed by atoms with Gasteiger partial charge in [0, 0.05) is 29.2 Å². The molecule has 0 aromatic heterocycles. The summed E-state index contributed by atoms with van der Waals surface area (Å²) in [6.45, 7) is 2.99. The average molecular weight is 255 g/mol. The van der Waals surface area contributed by atoms with Gasteiger partial charge in [-0.25, -0.2) is 0 Å². The number of nitrogens with one attached hydrogen (secondary N) is 1. The molecular formula is C6H26N2OSi4. The summed E-state index contributed by atoms with van der Waals surface area (Å²) in [4.78, 5) is 0. The Kier molecular flexibility index (Phi) is 23.1. The first-order chi connectivity index (χ1) is 6.33. The third kappa shape index (κ3) is 24.5. The van der Waals surface area contributed by atoms with E-state index in [1.54, 1.807) is 22.9 Å². The van der Waals surface area contributed by atoms with Gasteiger partial charge in [-0.15, -0.1) is 0 Å². The molecule has 0 unspecified atom stereocenters. The largest absolute Gasteiger partial charge is 0.431 e. The van der Waals surface area contributed by atoms with Gasteiger partial charge >= 0.3 is 0 Å². The second-order valence-corrected chi connectivity index (χ2v) is 20.4. The van der Waals surface area contributed by atoms with E-state index in [1.165, 1.54) is 13.0 Å². The zero-order valence-electron chi connectivity index (χ0n) is 9.44.